The van der Waals surface area contributed by atoms with E-state index in [-0.39, 0.29) is 47.5 Å². The zero-order valence-electron chi connectivity index (χ0n) is 21.3. The van der Waals surface area contributed by atoms with Gasteiger partial charge in [-0.05, 0) is 60.7 Å². The van der Waals surface area contributed by atoms with Crippen molar-refractivity contribution in [2.24, 2.45) is 5.92 Å². The van der Waals surface area contributed by atoms with Crippen molar-refractivity contribution in [3.63, 3.8) is 0 Å². The monoisotopic (exact) mass is 583 g/mol. The van der Waals surface area contributed by atoms with Crippen molar-refractivity contribution in [3.05, 3.63) is 76.8 Å². The standard InChI is InChI=1S/C26H31ClFN3O5S2/c1-19(2)15-30(38(34,35)25-11-7-21(27)8-12-25)16-23-14-29-26(31(23)17-24-4-3-13-36-24)37(32,33)18-20-5-9-22(28)10-6-20/h5-12,14,19,24H,3-4,13,15-18H2,1-2H3/t24-/m0/s1. The number of aromatic nitrogens is 2. The SMILES string of the molecule is CC(C)CN(Cc1cnc(S(=O)(=O)Cc2ccc(F)cc2)n1C[C@@H]1CCCO1)S(=O)(=O)c1ccc(Cl)cc1. The number of benzene rings is 2. The molecule has 0 radical (unpaired) electrons. The fourth-order valence-corrected chi connectivity index (χ4v) is 7.61. The molecule has 12 heteroatoms. The molecule has 0 spiro atoms. The summed E-state index contributed by atoms with van der Waals surface area (Å²) in [5, 5.41) is 0.255. The quantitative estimate of drug-likeness (QED) is 0.325. The molecule has 1 aromatic heterocycles. The summed E-state index contributed by atoms with van der Waals surface area (Å²) in [7, 11) is -7.85. The van der Waals surface area contributed by atoms with E-state index in [1.165, 1.54) is 59.0 Å². The maximum Gasteiger partial charge on any atom is 0.243 e. The van der Waals surface area contributed by atoms with Gasteiger partial charge in [-0.2, -0.15) is 4.31 Å². The average molecular weight is 584 g/mol. The molecule has 3 aromatic rings. The van der Waals surface area contributed by atoms with Gasteiger partial charge in [-0.25, -0.2) is 26.2 Å². The molecule has 8 nitrogen and oxygen atoms in total. The van der Waals surface area contributed by atoms with Crippen molar-refractivity contribution in [2.75, 3.05) is 13.2 Å². The van der Waals surface area contributed by atoms with Crippen molar-refractivity contribution < 1.29 is 26.0 Å². The second-order valence-electron chi connectivity index (χ2n) is 9.81. The van der Waals surface area contributed by atoms with Gasteiger partial charge in [0.1, 0.15) is 5.82 Å². The number of sulfone groups is 1. The van der Waals surface area contributed by atoms with E-state index in [4.69, 9.17) is 16.3 Å². The van der Waals surface area contributed by atoms with Crippen molar-refractivity contribution in [2.45, 2.75) is 61.7 Å². The second kappa shape index (κ2) is 11.8. The predicted octanol–water partition coefficient (Wildman–Crippen LogP) is 4.68. The van der Waals surface area contributed by atoms with Gasteiger partial charge in [0.25, 0.3) is 0 Å². The number of hydrogen-bond donors (Lipinski definition) is 0. The molecule has 0 saturated carbocycles. The highest BCUT2D eigenvalue weighted by Gasteiger charge is 2.31. The van der Waals surface area contributed by atoms with Gasteiger partial charge in [0.2, 0.25) is 25.0 Å². The summed E-state index contributed by atoms with van der Waals surface area (Å²) in [5.74, 6) is -0.817. The summed E-state index contributed by atoms with van der Waals surface area (Å²) in [4.78, 5) is 4.34. The van der Waals surface area contributed by atoms with Crippen LogP contribution in [0.2, 0.25) is 5.02 Å². The third-order valence-electron chi connectivity index (χ3n) is 6.22. The van der Waals surface area contributed by atoms with E-state index >= 15 is 0 Å². The fourth-order valence-electron chi connectivity index (χ4n) is 4.41. The molecule has 0 bridgehead atoms. The number of halogens is 2. The summed E-state index contributed by atoms with van der Waals surface area (Å²) in [5.41, 5.74) is 0.864. The van der Waals surface area contributed by atoms with Gasteiger partial charge in [0.05, 0.1) is 41.7 Å². The third-order valence-corrected chi connectivity index (χ3v) is 9.89. The summed E-state index contributed by atoms with van der Waals surface area (Å²) in [6.45, 7) is 4.77. The minimum Gasteiger partial charge on any atom is -0.376 e. The van der Waals surface area contributed by atoms with Crippen LogP contribution >= 0.6 is 11.6 Å². The Kier molecular flexibility index (Phi) is 8.93. The first-order valence-electron chi connectivity index (χ1n) is 12.3. The van der Waals surface area contributed by atoms with Crippen LogP contribution < -0.4 is 0 Å². The summed E-state index contributed by atoms with van der Waals surface area (Å²) in [6, 6.07) is 11.2. The molecule has 0 unspecified atom stereocenters. The van der Waals surface area contributed by atoms with Gasteiger partial charge in [-0.3, -0.25) is 0 Å². The molecule has 0 amide bonds. The lowest BCUT2D eigenvalue weighted by atomic mass is 10.2. The normalized spacial score (nSPS) is 16.5. The third kappa shape index (κ3) is 6.81. The van der Waals surface area contributed by atoms with Crippen molar-refractivity contribution in [1.29, 1.82) is 0 Å². The molecule has 0 N–H and O–H groups in total. The lowest BCUT2D eigenvalue weighted by Crippen LogP contribution is -2.35. The van der Waals surface area contributed by atoms with Gasteiger partial charge in [-0.1, -0.05) is 37.6 Å². The largest absolute Gasteiger partial charge is 0.376 e. The fraction of sp³-hybridized carbons (Fsp3) is 0.423. The highest BCUT2D eigenvalue weighted by molar-refractivity contribution is 7.90. The minimum absolute atomic E-state index is 0.00768. The molecular weight excluding hydrogens is 553 g/mol. The zero-order chi connectivity index (χ0) is 27.5. The Morgan fingerprint density at radius 1 is 1.11 bits per heavy atom. The Morgan fingerprint density at radius 2 is 1.79 bits per heavy atom. The molecule has 1 saturated heterocycles. The first-order chi connectivity index (χ1) is 18.0. The van der Waals surface area contributed by atoms with E-state index in [0.717, 1.165) is 12.8 Å². The van der Waals surface area contributed by atoms with Gasteiger partial charge >= 0.3 is 0 Å². The molecule has 38 heavy (non-hydrogen) atoms. The molecule has 2 aromatic carbocycles. The Balaban J connectivity index is 1.71. The molecule has 1 aliphatic rings. The van der Waals surface area contributed by atoms with Crippen LogP contribution in [0.3, 0.4) is 0 Å². The predicted molar refractivity (Wildman–Crippen MR) is 142 cm³/mol. The maximum atomic E-state index is 13.6. The van der Waals surface area contributed by atoms with Crippen molar-refractivity contribution >= 4 is 31.5 Å². The molecule has 1 fully saturated rings. The van der Waals surface area contributed by atoms with Crippen LogP contribution in [0.15, 0.2) is 64.8 Å². The Hall–Kier alpha value is -2.31. The van der Waals surface area contributed by atoms with Crippen LogP contribution in [0.25, 0.3) is 0 Å². The van der Waals surface area contributed by atoms with Crippen LogP contribution in [-0.2, 0) is 43.4 Å². The van der Waals surface area contributed by atoms with Crippen LogP contribution in [-0.4, -0.2) is 49.9 Å². The Labute approximate surface area is 228 Å². The van der Waals surface area contributed by atoms with E-state index in [0.29, 0.717) is 22.9 Å². The van der Waals surface area contributed by atoms with E-state index in [9.17, 15) is 21.2 Å². The topological polar surface area (TPSA) is 98.6 Å². The molecule has 1 atom stereocenters. The van der Waals surface area contributed by atoms with Crippen LogP contribution in [0.5, 0.6) is 0 Å². The number of nitrogens with zero attached hydrogens (tertiary/aromatic N) is 3. The van der Waals surface area contributed by atoms with E-state index in [2.05, 4.69) is 4.98 Å². The summed E-state index contributed by atoms with van der Waals surface area (Å²) in [6.07, 6.45) is 2.82. The number of ether oxygens (including phenoxy) is 1. The molecule has 1 aliphatic heterocycles. The van der Waals surface area contributed by atoms with Gasteiger partial charge in [0.15, 0.2) is 0 Å². The van der Waals surface area contributed by atoms with Gasteiger partial charge in [-0.15, -0.1) is 0 Å². The maximum absolute atomic E-state index is 13.6. The molecule has 2 heterocycles. The molecule has 0 aliphatic carbocycles. The van der Waals surface area contributed by atoms with E-state index < -0.39 is 25.7 Å². The smallest absolute Gasteiger partial charge is 0.243 e. The lowest BCUT2D eigenvalue weighted by Gasteiger charge is -2.25. The Morgan fingerprint density at radius 3 is 2.39 bits per heavy atom. The van der Waals surface area contributed by atoms with Crippen LogP contribution in [0, 0.1) is 11.7 Å². The minimum atomic E-state index is -3.94. The van der Waals surface area contributed by atoms with Gasteiger partial charge in [0, 0.05) is 18.2 Å². The van der Waals surface area contributed by atoms with Crippen LogP contribution in [0.4, 0.5) is 4.39 Å². The zero-order valence-corrected chi connectivity index (χ0v) is 23.6. The molecular formula is C26H31ClFN3O5S2. The first-order valence-corrected chi connectivity index (χ1v) is 15.8. The van der Waals surface area contributed by atoms with E-state index in [1.807, 2.05) is 13.8 Å². The summed E-state index contributed by atoms with van der Waals surface area (Å²) >= 11 is 5.96. The number of imidazole rings is 1. The highest BCUT2D eigenvalue weighted by atomic mass is 35.5. The van der Waals surface area contributed by atoms with Crippen molar-refractivity contribution in [1.82, 2.24) is 13.9 Å². The molecule has 4 rings (SSSR count). The van der Waals surface area contributed by atoms with Gasteiger partial charge < -0.3 is 9.30 Å². The average Bonchev–Trinajstić information content (AvgIpc) is 3.51. The number of sulfonamides is 1. The highest BCUT2D eigenvalue weighted by Crippen LogP contribution is 2.26. The second-order valence-corrected chi connectivity index (χ2v) is 14.1. The summed E-state index contributed by atoms with van der Waals surface area (Å²) < 4.78 is 76.1. The van der Waals surface area contributed by atoms with Crippen molar-refractivity contribution in [3.8, 4) is 0 Å². The lowest BCUT2D eigenvalue weighted by molar-refractivity contribution is 0.0937. The number of rotatable bonds is 11. The Bertz CT molecular complexity index is 1450. The molecule has 206 valence electrons. The van der Waals surface area contributed by atoms with E-state index in [1.54, 1.807) is 4.57 Å². The van der Waals surface area contributed by atoms with Crippen LogP contribution in [0.1, 0.15) is 37.9 Å². The number of hydrogen-bond acceptors (Lipinski definition) is 6. The first kappa shape index (κ1) is 28.7.